The van der Waals surface area contributed by atoms with Crippen LogP contribution in [-0.4, -0.2) is 0 Å². The molecule has 0 unspecified atom stereocenters. The van der Waals surface area contributed by atoms with Gasteiger partial charge in [-0.2, -0.15) is 0 Å². The molecule has 0 saturated heterocycles. The van der Waals surface area contributed by atoms with E-state index >= 15 is 0 Å². The van der Waals surface area contributed by atoms with Gasteiger partial charge in [-0.25, -0.2) is 0 Å². The van der Waals surface area contributed by atoms with Crippen LogP contribution in [-0.2, 0) is 6.42 Å². The van der Waals surface area contributed by atoms with Gasteiger partial charge >= 0.3 is 0 Å². The first-order chi connectivity index (χ1) is 7.33. The summed E-state index contributed by atoms with van der Waals surface area (Å²) in [5.41, 5.74) is 1.31. The van der Waals surface area contributed by atoms with Crippen molar-refractivity contribution in [3.63, 3.8) is 0 Å². The van der Waals surface area contributed by atoms with Gasteiger partial charge in [0.1, 0.15) is 5.76 Å². The highest BCUT2D eigenvalue weighted by Crippen LogP contribution is 2.03. The largest absolute Gasteiger partial charge is 0.469 e. The van der Waals surface area contributed by atoms with Crippen molar-refractivity contribution in [2.75, 3.05) is 0 Å². The van der Waals surface area contributed by atoms with Crippen LogP contribution in [0.4, 0.5) is 0 Å². The number of hydrogen-bond acceptors (Lipinski definition) is 1. The summed E-state index contributed by atoms with van der Waals surface area (Å²) in [5, 5.41) is 0. The van der Waals surface area contributed by atoms with Crippen LogP contribution in [0.15, 0.2) is 46.6 Å². The summed E-state index contributed by atoms with van der Waals surface area (Å²) in [6.07, 6.45) is 10.1. The van der Waals surface area contributed by atoms with Crippen molar-refractivity contribution in [3.8, 4) is 0 Å². The molecule has 0 atom stereocenters. The second kappa shape index (κ2) is 9.32. The zero-order chi connectivity index (χ0) is 11.5. The summed E-state index contributed by atoms with van der Waals surface area (Å²) < 4.78 is 5.20. The summed E-state index contributed by atoms with van der Waals surface area (Å²) in [4.78, 5) is 0. The fourth-order valence-electron chi connectivity index (χ4n) is 1.18. The topological polar surface area (TPSA) is 13.1 Å². The number of furan rings is 1. The van der Waals surface area contributed by atoms with Crippen LogP contribution in [0.25, 0.3) is 0 Å². The van der Waals surface area contributed by atoms with Gasteiger partial charge in [0.15, 0.2) is 0 Å². The molecule has 0 aliphatic rings. The molecule has 0 radical (unpaired) electrons. The van der Waals surface area contributed by atoms with E-state index in [2.05, 4.69) is 32.1 Å². The number of allylic oxidation sites excluding steroid dienone is 4. The van der Waals surface area contributed by atoms with E-state index in [0.29, 0.717) is 0 Å². The Morgan fingerprint density at radius 3 is 2.67 bits per heavy atom. The van der Waals surface area contributed by atoms with E-state index in [9.17, 15) is 0 Å². The minimum absolute atomic E-state index is 0.877. The zero-order valence-corrected chi connectivity index (χ0v) is 10.3. The van der Waals surface area contributed by atoms with E-state index in [1.807, 2.05) is 26.0 Å². The second-order valence-corrected chi connectivity index (χ2v) is 3.04. The molecule has 84 valence electrons. The van der Waals surface area contributed by atoms with Gasteiger partial charge in [0, 0.05) is 6.42 Å². The van der Waals surface area contributed by atoms with Crippen LogP contribution in [0, 0.1) is 0 Å². The predicted octanol–water partition coefficient (Wildman–Crippen LogP) is 4.76. The molecule has 1 heterocycles. The van der Waals surface area contributed by atoms with E-state index in [1.165, 1.54) is 5.57 Å². The van der Waals surface area contributed by atoms with Crippen molar-refractivity contribution in [2.24, 2.45) is 0 Å². The Morgan fingerprint density at radius 1 is 1.40 bits per heavy atom. The Hall–Kier alpha value is -1.24. The molecule has 0 spiro atoms. The number of rotatable bonds is 4. The van der Waals surface area contributed by atoms with Crippen LogP contribution in [0.5, 0.6) is 0 Å². The molecule has 1 aromatic rings. The van der Waals surface area contributed by atoms with Crippen LogP contribution < -0.4 is 0 Å². The third-order valence-electron chi connectivity index (χ3n) is 1.81. The first kappa shape index (κ1) is 13.8. The van der Waals surface area contributed by atoms with Crippen LogP contribution in [0.1, 0.15) is 39.9 Å². The van der Waals surface area contributed by atoms with Crippen molar-refractivity contribution in [2.45, 2.75) is 40.5 Å². The van der Waals surface area contributed by atoms with Gasteiger partial charge in [0.2, 0.25) is 0 Å². The lowest BCUT2D eigenvalue weighted by atomic mass is 10.2. The molecule has 0 fully saturated rings. The van der Waals surface area contributed by atoms with Crippen molar-refractivity contribution >= 4 is 0 Å². The van der Waals surface area contributed by atoms with Gasteiger partial charge in [-0.3, -0.25) is 0 Å². The van der Waals surface area contributed by atoms with Crippen molar-refractivity contribution in [3.05, 3.63) is 48.0 Å². The quantitative estimate of drug-likeness (QED) is 0.647. The van der Waals surface area contributed by atoms with Crippen LogP contribution >= 0.6 is 0 Å². The van der Waals surface area contributed by atoms with Crippen molar-refractivity contribution in [1.29, 1.82) is 0 Å². The SMILES string of the molecule is CC.CC/C=C(C)\C=C/Cc1ccco1. The maximum absolute atomic E-state index is 5.20. The fourth-order valence-corrected chi connectivity index (χ4v) is 1.18. The smallest absolute Gasteiger partial charge is 0.107 e. The molecule has 1 heteroatoms. The number of hydrogen-bond donors (Lipinski definition) is 0. The van der Waals surface area contributed by atoms with E-state index in [1.54, 1.807) is 6.26 Å². The second-order valence-electron chi connectivity index (χ2n) is 3.04. The normalized spacial score (nSPS) is 11.3. The lowest BCUT2D eigenvalue weighted by Gasteiger charge is -1.90. The molecule has 1 rings (SSSR count). The standard InChI is InChI=1S/C12H16O.C2H6/c1-3-6-11(2)7-4-8-12-9-5-10-13-12;1-2/h4-7,9-10H,3,8H2,1-2H3;1-2H3/b7-4-,11-6-;. The highest BCUT2D eigenvalue weighted by Gasteiger charge is 1.89. The van der Waals surface area contributed by atoms with Gasteiger partial charge < -0.3 is 4.42 Å². The van der Waals surface area contributed by atoms with E-state index in [-0.39, 0.29) is 0 Å². The lowest BCUT2D eigenvalue weighted by Crippen LogP contribution is -1.74. The molecule has 15 heavy (non-hydrogen) atoms. The summed E-state index contributed by atoms with van der Waals surface area (Å²) in [7, 11) is 0. The summed E-state index contributed by atoms with van der Waals surface area (Å²) in [6.45, 7) is 8.26. The van der Waals surface area contributed by atoms with Gasteiger partial charge in [0.05, 0.1) is 6.26 Å². The predicted molar refractivity (Wildman–Crippen MR) is 66.9 cm³/mol. The van der Waals surface area contributed by atoms with Gasteiger partial charge in [-0.15, -0.1) is 0 Å². The summed E-state index contributed by atoms with van der Waals surface area (Å²) in [6, 6.07) is 3.90. The molecule has 0 amide bonds. The molecule has 1 aromatic heterocycles. The third kappa shape index (κ3) is 6.78. The van der Waals surface area contributed by atoms with Gasteiger partial charge in [-0.05, 0) is 25.5 Å². The molecular weight excluding hydrogens is 184 g/mol. The minimum Gasteiger partial charge on any atom is -0.469 e. The molecule has 0 saturated carbocycles. The minimum atomic E-state index is 0.877. The third-order valence-corrected chi connectivity index (χ3v) is 1.81. The van der Waals surface area contributed by atoms with Gasteiger partial charge in [-0.1, -0.05) is 44.6 Å². The first-order valence-corrected chi connectivity index (χ1v) is 5.68. The molecule has 0 N–H and O–H groups in total. The molecule has 0 aromatic carbocycles. The Morgan fingerprint density at radius 2 is 2.13 bits per heavy atom. The lowest BCUT2D eigenvalue weighted by molar-refractivity contribution is 0.523. The Bertz CT molecular complexity index is 278. The Balaban J connectivity index is 0.000000921. The molecule has 0 aliphatic carbocycles. The maximum Gasteiger partial charge on any atom is 0.107 e. The summed E-state index contributed by atoms with van der Waals surface area (Å²) >= 11 is 0. The fraction of sp³-hybridized carbons (Fsp3) is 0.429. The average molecular weight is 206 g/mol. The highest BCUT2D eigenvalue weighted by molar-refractivity contribution is 5.17. The Kier molecular flexibility index (Phi) is 8.55. The zero-order valence-electron chi connectivity index (χ0n) is 10.3. The molecule has 1 nitrogen and oxygen atoms in total. The molecule has 0 bridgehead atoms. The monoisotopic (exact) mass is 206 g/mol. The van der Waals surface area contributed by atoms with Crippen molar-refractivity contribution < 1.29 is 4.42 Å². The van der Waals surface area contributed by atoms with Gasteiger partial charge in [0.25, 0.3) is 0 Å². The van der Waals surface area contributed by atoms with E-state index in [4.69, 9.17) is 4.42 Å². The van der Waals surface area contributed by atoms with E-state index in [0.717, 1.165) is 18.6 Å². The van der Waals surface area contributed by atoms with Crippen LogP contribution in [0.3, 0.4) is 0 Å². The molecule has 0 aliphatic heterocycles. The molecular formula is C14H22O. The van der Waals surface area contributed by atoms with Crippen molar-refractivity contribution in [1.82, 2.24) is 0 Å². The first-order valence-electron chi connectivity index (χ1n) is 5.68. The maximum atomic E-state index is 5.20. The average Bonchev–Trinajstić information content (AvgIpc) is 2.74. The summed E-state index contributed by atoms with van der Waals surface area (Å²) in [5.74, 6) is 1.01. The highest BCUT2D eigenvalue weighted by atomic mass is 16.3. The van der Waals surface area contributed by atoms with Crippen LogP contribution in [0.2, 0.25) is 0 Å². The Labute approximate surface area is 93.5 Å². The van der Waals surface area contributed by atoms with E-state index < -0.39 is 0 Å².